The third-order valence-electron chi connectivity index (χ3n) is 3.59. The van der Waals surface area contributed by atoms with Crippen molar-refractivity contribution in [3.8, 4) is 0 Å². The number of hydrogen-bond acceptors (Lipinski definition) is 4. The fourth-order valence-electron chi connectivity index (χ4n) is 2.42. The summed E-state index contributed by atoms with van der Waals surface area (Å²) >= 11 is 0. The van der Waals surface area contributed by atoms with Gasteiger partial charge in [-0.2, -0.15) is 0 Å². The van der Waals surface area contributed by atoms with Crippen LogP contribution in [-0.2, 0) is 9.53 Å². The van der Waals surface area contributed by atoms with Crippen LogP contribution in [0.2, 0.25) is 0 Å². The number of carbonyl (C=O) groups is 1. The van der Waals surface area contributed by atoms with Crippen molar-refractivity contribution in [2.75, 3.05) is 37.3 Å². The Labute approximate surface area is 124 Å². The number of anilines is 2. The fourth-order valence-corrected chi connectivity index (χ4v) is 2.42. The van der Waals surface area contributed by atoms with Crippen LogP contribution in [0.15, 0.2) is 18.2 Å². The molecule has 0 saturated carbocycles. The Kier molecular flexibility index (Phi) is 5.52. The summed E-state index contributed by atoms with van der Waals surface area (Å²) in [5.74, 6) is -0.577. The molecule has 0 bridgehead atoms. The minimum atomic E-state index is -0.418. The molecule has 1 aromatic carbocycles. The predicted octanol–water partition coefficient (Wildman–Crippen LogP) is 1.85. The maximum Gasteiger partial charge on any atom is 0.238 e. The molecule has 1 atom stereocenters. The summed E-state index contributed by atoms with van der Waals surface area (Å²) in [7, 11) is 0. The number of nitrogen functional groups attached to an aromatic ring is 1. The molecule has 0 spiro atoms. The number of likely N-dealkylation sites (N-methyl/N-ethyl adjacent to an activating group) is 1. The quantitative estimate of drug-likeness (QED) is 0.786. The van der Waals surface area contributed by atoms with Crippen molar-refractivity contribution < 1.29 is 13.9 Å². The molecular weight excluding hydrogens is 273 g/mol. The Balaban J connectivity index is 1.86. The number of nitrogens with one attached hydrogen (secondary N) is 1. The first-order valence-corrected chi connectivity index (χ1v) is 7.27. The van der Waals surface area contributed by atoms with Gasteiger partial charge in [0.2, 0.25) is 5.91 Å². The van der Waals surface area contributed by atoms with Gasteiger partial charge in [0.05, 0.1) is 24.0 Å². The van der Waals surface area contributed by atoms with E-state index in [1.165, 1.54) is 18.2 Å². The number of amides is 1. The average molecular weight is 295 g/mol. The highest BCUT2D eigenvalue weighted by Gasteiger charge is 2.20. The van der Waals surface area contributed by atoms with E-state index in [2.05, 4.69) is 5.32 Å². The van der Waals surface area contributed by atoms with Gasteiger partial charge in [0, 0.05) is 13.2 Å². The second-order valence-corrected chi connectivity index (χ2v) is 5.24. The van der Waals surface area contributed by atoms with E-state index < -0.39 is 5.82 Å². The Bertz CT molecular complexity index is 490. The molecule has 0 aliphatic carbocycles. The molecule has 1 heterocycles. The Morgan fingerprint density at radius 3 is 3.00 bits per heavy atom. The summed E-state index contributed by atoms with van der Waals surface area (Å²) in [5.41, 5.74) is 6.34. The maximum atomic E-state index is 13.0. The van der Waals surface area contributed by atoms with Crippen LogP contribution in [0.25, 0.3) is 0 Å². The van der Waals surface area contributed by atoms with Gasteiger partial charge in [0.25, 0.3) is 0 Å². The molecule has 1 aliphatic heterocycles. The molecule has 1 unspecified atom stereocenters. The molecule has 1 fully saturated rings. The van der Waals surface area contributed by atoms with Crippen LogP contribution < -0.4 is 11.1 Å². The second kappa shape index (κ2) is 7.38. The van der Waals surface area contributed by atoms with Gasteiger partial charge in [0.15, 0.2) is 0 Å². The maximum absolute atomic E-state index is 13.0. The number of nitrogens with zero attached hydrogens (tertiary/aromatic N) is 1. The molecule has 6 heteroatoms. The van der Waals surface area contributed by atoms with E-state index in [1.54, 1.807) is 0 Å². The zero-order valence-corrected chi connectivity index (χ0v) is 12.3. The first-order valence-electron chi connectivity index (χ1n) is 7.27. The lowest BCUT2D eigenvalue weighted by Crippen LogP contribution is -2.38. The molecule has 1 aromatic rings. The Morgan fingerprint density at radius 2 is 2.38 bits per heavy atom. The van der Waals surface area contributed by atoms with Gasteiger partial charge in [-0.3, -0.25) is 9.69 Å². The predicted molar refractivity (Wildman–Crippen MR) is 80.5 cm³/mol. The van der Waals surface area contributed by atoms with Crippen LogP contribution in [-0.4, -0.2) is 43.2 Å². The number of hydrogen-bond donors (Lipinski definition) is 2. The molecule has 0 radical (unpaired) electrons. The highest BCUT2D eigenvalue weighted by atomic mass is 19.1. The van der Waals surface area contributed by atoms with Crippen LogP contribution in [0.3, 0.4) is 0 Å². The molecular formula is C15H22FN3O2. The standard InChI is InChI=1S/C15H22FN3O2/c1-2-19(9-12-4-3-7-21-12)10-15(20)18-14-6-5-11(16)8-13(14)17/h5-6,8,12H,2-4,7,9-10,17H2,1H3,(H,18,20). The van der Waals surface area contributed by atoms with Crippen molar-refractivity contribution >= 4 is 17.3 Å². The summed E-state index contributed by atoms with van der Waals surface area (Å²) in [5, 5.41) is 2.71. The monoisotopic (exact) mass is 295 g/mol. The smallest absolute Gasteiger partial charge is 0.238 e. The van der Waals surface area contributed by atoms with Crippen LogP contribution >= 0.6 is 0 Å². The molecule has 2 rings (SSSR count). The van der Waals surface area contributed by atoms with Crippen molar-refractivity contribution in [2.45, 2.75) is 25.9 Å². The molecule has 1 aliphatic rings. The normalized spacial score (nSPS) is 18.1. The first kappa shape index (κ1) is 15.7. The molecule has 116 valence electrons. The van der Waals surface area contributed by atoms with Crippen molar-refractivity contribution in [2.24, 2.45) is 0 Å². The van der Waals surface area contributed by atoms with Crippen LogP contribution in [0.4, 0.5) is 15.8 Å². The molecule has 1 amide bonds. The number of rotatable bonds is 6. The minimum absolute atomic E-state index is 0.159. The number of benzene rings is 1. The van der Waals surface area contributed by atoms with Gasteiger partial charge < -0.3 is 15.8 Å². The van der Waals surface area contributed by atoms with Crippen LogP contribution in [0.5, 0.6) is 0 Å². The SMILES string of the molecule is CCN(CC(=O)Nc1ccc(F)cc1N)CC1CCCO1. The summed E-state index contributed by atoms with van der Waals surface area (Å²) in [6, 6.07) is 3.94. The van der Waals surface area contributed by atoms with Crippen LogP contribution in [0.1, 0.15) is 19.8 Å². The molecule has 21 heavy (non-hydrogen) atoms. The van der Waals surface area contributed by atoms with Gasteiger partial charge in [-0.1, -0.05) is 6.92 Å². The first-order chi connectivity index (χ1) is 10.1. The lowest BCUT2D eigenvalue weighted by atomic mass is 10.2. The Hall–Kier alpha value is -1.66. The van der Waals surface area contributed by atoms with Crippen molar-refractivity contribution in [1.29, 1.82) is 0 Å². The Morgan fingerprint density at radius 1 is 1.57 bits per heavy atom. The third kappa shape index (κ3) is 4.68. The highest BCUT2D eigenvalue weighted by Crippen LogP contribution is 2.19. The van der Waals surface area contributed by atoms with Gasteiger partial charge in [0.1, 0.15) is 5.82 Å². The number of ether oxygens (including phenoxy) is 1. The van der Waals surface area contributed by atoms with Gasteiger partial charge in [-0.25, -0.2) is 4.39 Å². The van der Waals surface area contributed by atoms with Gasteiger partial charge in [-0.15, -0.1) is 0 Å². The number of halogens is 1. The lowest BCUT2D eigenvalue weighted by molar-refractivity contribution is -0.117. The summed E-state index contributed by atoms with van der Waals surface area (Å²) in [6.45, 7) is 4.61. The van der Waals surface area contributed by atoms with E-state index in [9.17, 15) is 9.18 Å². The van der Waals surface area contributed by atoms with E-state index in [0.717, 1.165) is 32.5 Å². The summed E-state index contributed by atoms with van der Waals surface area (Å²) in [6.07, 6.45) is 2.34. The third-order valence-corrected chi connectivity index (χ3v) is 3.59. The topological polar surface area (TPSA) is 67.6 Å². The number of nitrogens with two attached hydrogens (primary N) is 1. The van der Waals surface area contributed by atoms with E-state index in [1.807, 2.05) is 11.8 Å². The summed E-state index contributed by atoms with van der Waals surface area (Å²) < 4.78 is 18.5. The lowest BCUT2D eigenvalue weighted by Gasteiger charge is -2.23. The minimum Gasteiger partial charge on any atom is -0.397 e. The van der Waals surface area contributed by atoms with E-state index in [-0.39, 0.29) is 24.2 Å². The summed E-state index contributed by atoms with van der Waals surface area (Å²) in [4.78, 5) is 14.1. The van der Waals surface area contributed by atoms with E-state index in [0.29, 0.717) is 5.69 Å². The van der Waals surface area contributed by atoms with Crippen molar-refractivity contribution in [3.05, 3.63) is 24.0 Å². The number of carbonyl (C=O) groups excluding carboxylic acids is 1. The molecule has 5 nitrogen and oxygen atoms in total. The molecule has 3 N–H and O–H groups in total. The molecule has 1 saturated heterocycles. The van der Waals surface area contributed by atoms with Gasteiger partial charge in [-0.05, 0) is 37.6 Å². The van der Waals surface area contributed by atoms with Crippen molar-refractivity contribution in [3.63, 3.8) is 0 Å². The van der Waals surface area contributed by atoms with E-state index >= 15 is 0 Å². The largest absolute Gasteiger partial charge is 0.397 e. The van der Waals surface area contributed by atoms with Crippen molar-refractivity contribution in [1.82, 2.24) is 4.90 Å². The zero-order valence-electron chi connectivity index (χ0n) is 12.3. The highest BCUT2D eigenvalue weighted by molar-refractivity contribution is 5.95. The fraction of sp³-hybridized carbons (Fsp3) is 0.533. The van der Waals surface area contributed by atoms with Crippen LogP contribution in [0, 0.1) is 5.82 Å². The second-order valence-electron chi connectivity index (χ2n) is 5.24. The van der Waals surface area contributed by atoms with Gasteiger partial charge >= 0.3 is 0 Å². The van der Waals surface area contributed by atoms with E-state index in [4.69, 9.17) is 10.5 Å². The average Bonchev–Trinajstić information content (AvgIpc) is 2.94. The zero-order chi connectivity index (χ0) is 15.2. The molecule has 0 aromatic heterocycles.